The Morgan fingerprint density at radius 2 is 0.750 bits per heavy atom. The van der Waals surface area contributed by atoms with Gasteiger partial charge in [0.1, 0.15) is 59.7 Å². The number of carboxylic acid groups (broad SMARTS) is 1. The number of nitro groups is 2. The molecule has 4 aromatic heterocycles. The number of carboxylic acids is 1. The van der Waals surface area contributed by atoms with Gasteiger partial charge in [-0.25, -0.2) is 62.2 Å². The van der Waals surface area contributed by atoms with Gasteiger partial charge in [-0.2, -0.15) is 0 Å². The van der Waals surface area contributed by atoms with Gasteiger partial charge in [0.25, 0.3) is 11.4 Å². The summed E-state index contributed by atoms with van der Waals surface area (Å²) in [6.07, 6.45) is 7.79. The minimum atomic E-state index is -0.981. The van der Waals surface area contributed by atoms with E-state index in [-0.39, 0.29) is 84.0 Å². The predicted octanol–water partition coefficient (Wildman–Crippen LogP) is 16.9. The maximum atomic E-state index is 14.4. The molecule has 4 unspecified atom stereocenters. The molecule has 4 saturated carbocycles. The van der Waals surface area contributed by atoms with Crippen molar-refractivity contribution in [2.24, 2.45) is 71.0 Å². The van der Waals surface area contributed by atoms with E-state index in [9.17, 15) is 47.4 Å². The first-order valence-electron chi connectivity index (χ1n) is 40.5. The quantitative estimate of drug-likeness (QED) is 0.0133. The maximum absolute atomic E-state index is 14.4. The van der Waals surface area contributed by atoms with Crippen LogP contribution in [-0.2, 0) is 16.0 Å². The molecule has 8 aromatic carbocycles. The third-order valence-corrected chi connectivity index (χ3v) is 25.0. The number of carbonyl (C=O) groups is 2. The van der Waals surface area contributed by atoms with Gasteiger partial charge in [-0.05, 0) is 178 Å². The number of ketones is 1. The summed E-state index contributed by atoms with van der Waals surface area (Å²) >= 11 is 23.5. The van der Waals surface area contributed by atoms with Crippen LogP contribution in [0.2, 0.25) is 20.1 Å². The molecule has 4 aliphatic heterocycles. The van der Waals surface area contributed by atoms with E-state index in [4.69, 9.17) is 57.2 Å². The van der Waals surface area contributed by atoms with Crippen molar-refractivity contribution in [3.63, 3.8) is 0 Å². The molecule has 8 N–H and O–H groups in total. The van der Waals surface area contributed by atoms with Crippen LogP contribution in [0.3, 0.4) is 0 Å². The number of aliphatic carboxylic acids is 1. The summed E-state index contributed by atoms with van der Waals surface area (Å²) in [6, 6.07) is 31.9. The zero-order chi connectivity index (χ0) is 90.0. The summed E-state index contributed by atoms with van der Waals surface area (Å²) in [5.41, 5.74) is 12.5. The fourth-order valence-electron chi connectivity index (χ4n) is 17.0. The number of benzene rings is 8. The molecule has 12 atom stereocenters. The third-order valence-electron chi connectivity index (χ3n) is 23.9. The number of hydrogen-bond acceptors (Lipinski definition) is 23. The smallest absolute Gasteiger partial charge is 0.327 e. The molecule has 0 bridgehead atoms. The first kappa shape index (κ1) is 88.0. The van der Waals surface area contributed by atoms with Crippen LogP contribution in [0.5, 0.6) is 0 Å². The highest BCUT2D eigenvalue weighted by Gasteiger charge is 2.56. The number of nitrogens with one attached hydrogen (secondary N) is 5. The number of aromatic nitrogens is 8. The fraction of sp³-hybridized carbons (Fsp3) is 0.255. The minimum absolute atomic E-state index is 0.0178. The van der Waals surface area contributed by atoms with Crippen molar-refractivity contribution in [3.05, 3.63) is 263 Å². The summed E-state index contributed by atoms with van der Waals surface area (Å²) in [5.74, 6) is 30.0. The molecular formula is C94H77Cl4F4N19O7. The number of nitro benzene ring substituents is 2. The number of allylic oxidation sites excluding steroid dienone is 1. The van der Waals surface area contributed by atoms with Crippen LogP contribution in [0.4, 0.5) is 80.6 Å². The molecule has 4 aliphatic carbocycles. The third kappa shape index (κ3) is 19.4. The van der Waals surface area contributed by atoms with Crippen LogP contribution in [0.15, 0.2) is 172 Å². The Bertz CT molecular complexity index is 6790. The molecule has 20 rings (SSSR count). The summed E-state index contributed by atoms with van der Waals surface area (Å²) in [7, 11) is 6.38. The molecule has 0 radical (unpaired) electrons. The normalized spacial score (nSPS) is 21.3. The lowest BCUT2D eigenvalue weighted by Crippen LogP contribution is -2.18. The first-order chi connectivity index (χ1) is 61.7. The van der Waals surface area contributed by atoms with Gasteiger partial charge in [-0.1, -0.05) is 131 Å². The van der Waals surface area contributed by atoms with E-state index in [0.717, 1.165) is 75.1 Å². The van der Waals surface area contributed by atoms with Crippen molar-refractivity contribution in [2.45, 2.75) is 6.42 Å². The van der Waals surface area contributed by atoms with E-state index in [1.165, 1.54) is 79.9 Å². The molecular weight excluding hydrogens is 1720 g/mol. The van der Waals surface area contributed by atoms with Crippen molar-refractivity contribution in [1.82, 2.24) is 59.9 Å². The van der Waals surface area contributed by atoms with E-state index >= 15 is 0 Å². The van der Waals surface area contributed by atoms with Crippen LogP contribution < -0.4 is 32.3 Å². The number of fused-ring (bicyclic) bond motifs is 8. The Labute approximate surface area is 750 Å². The summed E-state index contributed by atoms with van der Waals surface area (Å²) in [4.78, 5) is 84.8. The van der Waals surface area contributed by atoms with Gasteiger partial charge < -0.3 is 52.1 Å². The number of anilines is 9. The number of hydrogen-bond donors (Lipinski definition) is 7. The topological polar surface area (TPSA) is 340 Å². The number of rotatable bonds is 14. The second-order valence-corrected chi connectivity index (χ2v) is 33.9. The Hall–Kier alpha value is -13.5. The SMILES string of the molecule is C=CC(=O)Cc1cc2c(Nc3cccc(Cl)c3F)ncnc2cc1C#CC1[C@H]2CN(C)C[C@@H]12.C=CC(=O)O.CN1C[C@@H]2C(C#Cc3cc4ncnc(Nc5cccc(Cl)c5F)c4cc3N)[C@@H]2C1.CN1C[C@@H]2C(C#Cc3cc4ncnc(Nc5cccc(Cl)c5F)c4cc3[N+](=O)[O-])[C@@H]2C1.O=[N+]([O-])c1cc2c(Nc3cccc(Cl)c3F)ncnc2cc1C#CC1[C@H]2CNC[C@@H]12. The number of carbonyl (C=O) groups excluding carboxylic acids is 1. The van der Waals surface area contributed by atoms with Crippen molar-refractivity contribution in [1.29, 1.82) is 0 Å². The van der Waals surface area contributed by atoms with Crippen molar-refractivity contribution >= 4 is 165 Å². The molecule has 8 heterocycles. The Morgan fingerprint density at radius 1 is 0.461 bits per heavy atom. The molecule has 128 heavy (non-hydrogen) atoms. The minimum Gasteiger partial charge on any atom is -0.478 e. The van der Waals surface area contributed by atoms with Crippen LogP contribution in [-0.4, -0.2) is 155 Å². The summed E-state index contributed by atoms with van der Waals surface area (Å²) < 4.78 is 57.3. The Balaban J connectivity index is 0.000000123. The highest BCUT2D eigenvalue weighted by atomic mass is 35.5. The van der Waals surface area contributed by atoms with Crippen molar-refractivity contribution in [3.8, 4) is 47.4 Å². The highest BCUT2D eigenvalue weighted by Crippen LogP contribution is 2.54. The maximum Gasteiger partial charge on any atom is 0.327 e. The Morgan fingerprint density at radius 3 is 1.07 bits per heavy atom. The van der Waals surface area contributed by atoms with Gasteiger partial charge in [0.05, 0.1) is 74.8 Å². The average molecular weight is 1800 g/mol. The van der Waals surface area contributed by atoms with Gasteiger partial charge in [-0.15, -0.1) is 0 Å². The number of nitrogens with two attached hydrogens (primary N) is 1. The number of piperidine rings is 4. The predicted molar refractivity (Wildman–Crippen MR) is 486 cm³/mol. The van der Waals surface area contributed by atoms with Gasteiger partial charge in [0, 0.05) is 126 Å². The Kier molecular flexibility index (Phi) is 25.8. The lowest BCUT2D eigenvalue weighted by atomic mass is 9.99. The van der Waals surface area contributed by atoms with Gasteiger partial charge in [-0.3, -0.25) is 25.0 Å². The van der Waals surface area contributed by atoms with Crippen LogP contribution in [0.1, 0.15) is 27.8 Å². The molecule has 8 fully saturated rings. The zero-order valence-electron chi connectivity index (χ0n) is 68.5. The molecule has 26 nitrogen and oxygen atoms in total. The van der Waals surface area contributed by atoms with E-state index in [0.29, 0.717) is 137 Å². The average Bonchev–Trinajstić information content (AvgIpc) is 1.60. The van der Waals surface area contributed by atoms with Gasteiger partial charge in [0.15, 0.2) is 29.1 Å². The number of nitrogens with zero attached hydrogens (tertiary/aromatic N) is 13. The van der Waals surface area contributed by atoms with Crippen molar-refractivity contribution in [2.75, 3.05) is 101 Å². The van der Waals surface area contributed by atoms with Crippen LogP contribution in [0, 0.1) is 162 Å². The molecule has 4 saturated heterocycles. The molecule has 12 aromatic rings. The lowest BCUT2D eigenvalue weighted by Gasteiger charge is -2.12. The van der Waals surface area contributed by atoms with Gasteiger partial charge >= 0.3 is 5.97 Å². The van der Waals surface area contributed by atoms with E-state index < -0.39 is 39.1 Å². The summed E-state index contributed by atoms with van der Waals surface area (Å²) in [6.45, 7) is 14.9. The molecule has 0 amide bonds. The van der Waals surface area contributed by atoms with E-state index in [1.54, 1.807) is 54.6 Å². The van der Waals surface area contributed by atoms with E-state index in [2.05, 4.69) is 163 Å². The monoisotopic (exact) mass is 1800 g/mol. The molecule has 0 spiro atoms. The molecule has 34 heteroatoms. The first-order valence-corrected chi connectivity index (χ1v) is 42.0. The number of likely N-dealkylation sites (tertiary alicyclic amines) is 3. The molecule has 646 valence electrons. The highest BCUT2D eigenvalue weighted by molar-refractivity contribution is 6.32. The number of halogens is 8. The standard InChI is InChI=1S/C26H22ClFN4O.C22H17ClFN5O2.C22H19ClFN5.C21H15ClFN5O2.C3H4O2/c1-3-17(33)9-16-10-19-24(11-15(16)7-8-18-20-12-32(2)13-21(18)20)29-14-30-26(19)31-23-6-4-5-22(27)25(23)28;1-28-9-15-13(16(15)10-28)6-5-12-7-19-14(8-20(12)29(30)31)22(26-11-25-19)27-18-4-2-3-17(23)21(18)24;1-29-9-15-13(16(15)10-29)6-5-12-7-20-14(8-18(12)25)22(27-11-26-20)28-19-4-2-3-17(23)21(19)24;22-16-2-1-3-17(20(16)23)27-21-13-7-19(28(29)30)11(6-18(13)25-10-26-21)4-5-12-14-8-24-9-15(12)14;1-2-3(4)5/h3-6,10-11,14,18,20-21H,1,9,12-13H2,2H3,(H,29,30,31);2-4,7-8,11,13,15-16H,9-10H2,1H3,(H,25,26,27);2-4,7-8,11,13,15-16H,9-10,25H2,1H3,(H,26,27,28);1-3,6-7,10,12,14-15,24H,8-9H2,(H,25,26,27);2H,1H2,(H,4,5)/t18?,20-,21+;2*13?,15-,16+;12?,14-,15+;. The van der Waals surface area contributed by atoms with Gasteiger partial charge in [0.2, 0.25) is 0 Å². The van der Waals surface area contributed by atoms with Crippen LogP contribution in [0.25, 0.3) is 43.6 Å². The lowest BCUT2D eigenvalue weighted by molar-refractivity contribution is -0.385. The molecule has 8 aliphatic rings. The van der Waals surface area contributed by atoms with Crippen LogP contribution >= 0.6 is 46.4 Å². The summed E-state index contributed by atoms with van der Waals surface area (Å²) in [5, 5.41) is 48.1. The second kappa shape index (κ2) is 37.6. The van der Waals surface area contributed by atoms with Crippen molar-refractivity contribution < 1.29 is 42.1 Å². The largest absolute Gasteiger partial charge is 0.478 e. The number of nitrogen functional groups attached to an aromatic ring is 1. The second-order valence-electron chi connectivity index (χ2n) is 32.3. The zero-order valence-corrected chi connectivity index (χ0v) is 71.6. The fourth-order valence-corrected chi connectivity index (χ4v) is 17.7. The van der Waals surface area contributed by atoms with E-state index in [1.807, 2.05) is 18.2 Å².